The van der Waals surface area contributed by atoms with Crippen LogP contribution in [0.3, 0.4) is 0 Å². The molecule has 3 nitrogen and oxygen atoms in total. The van der Waals surface area contributed by atoms with Gasteiger partial charge >= 0.3 is 0 Å². The van der Waals surface area contributed by atoms with Gasteiger partial charge in [0.05, 0.1) is 0 Å². The molecule has 0 bridgehead atoms. The van der Waals surface area contributed by atoms with Crippen LogP contribution in [0, 0.1) is 0 Å². The first-order chi connectivity index (χ1) is 8.74. The fourth-order valence-corrected chi connectivity index (χ4v) is 2.30. The van der Waals surface area contributed by atoms with Crippen molar-refractivity contribution in [3.8, 4) is 0 Å². The molecule has 0 aliphatic heterocycles. The van der Waals surface area contributed by atoms with E-state index in [0.717, 1.165) is 6.42 Å². The molecule has 0 aromatic rings. The Morgan fingerprint density at radius 2 is 1.61 bits per heavy atom. The Morgan fingerprint density at radius 1 is 1.00 bits per heavy atom. The number of aliphatic hydroxyl groups is 1. The van der Waals surface area contributed by atoms with Crippen LogP contribution in [0.5, 0.6) is 0 Å². The van der Waals surface area contributed by atoms with Crippen molar-refractivity contribution in [1.82, 2.24) is 5.32 Å². The molecule has 2 unspecified atom stereocenters. The van der Waals surface area contributed by atoms with E-state index in [1.807, 2.05) is 0 Å². The van der Waals surface area contributed by atoms with Crippen LogP contribution in [0.1, 0.15) is 71.6 Å². The summed E-state index contributed by atoms with van der Waals surface area (Å²) in [6.07, 6.45) is 11.4. The van der Waals surface area contributed by atoms with Gasteiger partial charge in [0, 0.05) is 25.2 Å². The maximum Gasteiger partial charge on any atom is 0.0445 e. The molecular formula is C15H34N2O. The van der Waals surface area contributed by atoms with E-state index in [9.17, 15) is 0 Å². The molecule has 0 spiro atoms. The molecule has 4 N–H and O–H groups in total. The Balaban J connectivity index is 3.43. The first kappa shape index (κ1) is 17.9. The molecule has 0 rings (SSSR count). The zero-order chi connectivity index (χ0) is 13.6. The smallest absolute Gasteiger partial charge is 0.0445 e. The second-order valence-corrected chi connectivity index (χ2v) is 5.42. The largest absolute Gasteiger partial charge is 0.396 e. The topological polar surface area (TPSA) is 58.3 Å². The van der Waals surface area contributed by atoms with Gasteiger partial charge in [-0.25, -0.2) is 0 Å². The van der Waals surface area contributed by atoms with Crippen LogP contribution < -0.4 is 11.1 Å². The number of rotatable bonds is 13. The molecule has 0 aromatic heterocycles. The summed E-state index contributed by atoms with van der Waals surface area (Å²) in [7, 11) is 0. The third-order valence-corrected chi connectivity index (χ3v) is 3.52. The number of aliphatic hydroxyl groups excluding tert-OH is 1. The van der Waals surface area contributed by atoms with E-state index in [1.54, 1.807) is 0 Å². The molecule has 110 valence electrons. The highest BCUT2D eigenvalue weighted by Crippen LogP contribution is 2.10. The SMILES string of the molecule is CCCCCCCCCC(CN)NC(C)CCO. The van der Waals surface area contributed by atoms with Crippen molar-refractivity contribution in [3.05, 3.63) is 0 Å². The van der Waals surface area contributed by atoms with Gasteiger partial charge in [-0.15, -0.1) is 0 Å². The van der Waals surface area contributed by atoms with Crippen LogP contribution in [0.4, 0.5) is 0 Å². The predicted octanol–water partition coefficient (Wildman–Crippen LogP) is 2.81. The van der Waals surface area contributed by atoms with Gasteiger partial charge in [-0.3, -0.25) is 0 Å². The average molecular weight is 258 g/mol. The van der Waals surface area contributed by atoms with Gasteiger partial charge in [0.1, 0.15) is 0 Å². The summed E-state index contributed by atoms with van der Waals surface area (Å²) in [5.41, 5.74) is 5.77. The minimum Gasteiger partial charge on any atom is -0.396 e. The third-order valence-electron chi connectivity index (χ3n) is 3.52. The highest BCUT2D eigenvalue weighted by atomic mass is 16.3. The first-order valence-electron chi connectivity index (χ1n) is 7.81. The lowest BCUT2D eigenvalue weighted by molar-refractivity contribution is 0.261. The van der Waals surface area contributed by atoms with E-state index in [2.05, 4.69) is 19.2 Å². The lowest BCUT2D eigenvalue weighted by atomic mass is 10.0. The van der Waals surface area contributed by atoms with Crippen molar-refractivity contribution in [2.45, 2.75) is 83.7 Å². The van der Waals surface area contributed by atoms with Gasteiger partial charge in [0.25, 0.3) is 0 Å². The zero-order valence-electron chi connectivity index (χ0n) is 12.5. The van der Waals surface area contributed by atoms with Crippen molar-refractivity contribution in [2.24, 2.45) is 5.73 Å². The summed E-state index contributed by atoms with van der Waals surface area (Å²) in [6.45, 7) is 5.32. The Bertz CT molecular complexity index is 165. The van der Waals surface area contributed by atoms with E-state index in [0.29, 0.717) is 18.6 Å². The van der Waals surface area contributed by atoms with Crippen LogP contribution in [-0.4, -0.2) is 30.3 Å². The highest BCUT2D eigenvalue weighted by molar-refractivity contribution is 4.72. The molecule has 0 aromatic carbocycles. The Hall–Kier alpha value is -0.120. The maximum atomic E-state index is 8.87. The lowest BCUT2D eigenvalue weighted by Crippen LogP contribution is -2.41. The highest BCUT2D eigenvalue weighted by Gasteiger charge is 2.09. The minimum atomic E-state index is 0.253. The fraction of sp³-hybridized carbons (Fsp3) is 1.00. The Morgan fingerprint density at radius 3 is 2.17 bits per heavy atom. The Kier molecular flexibility index (Phi) is 13.2. The second kappa shape index (κ2) is 13.3. The number of hydrogen-bond acceptors (Lipinski definition) is 3. The van der Waals surface area contributed by atoms with Gasteiger partial charge in [0.15, 0.2) is 0 Å². The Labute approximate surface area is 114 Å². The van der Waals surface area contributed by atoms with Crippen molar-refractivity contribution in [1.29, 1.82) is 0 Å². The van der Waals surface area contributed by atoms with Crippen molar-refractivity contribution < 1.29 is 5.11 Å². The summed E-state index contributed by atoms with van der Waals surface area (Å²) in [6, 6.07) is 0.787. The van der Waals surface area contributed by atoms with E-state index in [-0.39, 0.29) is 6.61 Å². The summed E-state index contributed by atoms with van der Waals surface area (Å²) >= 11 is 0. The van der Waals surface area contributed by atoms with Gasteiger partial charge in [-0.1, -0.05) is 51.9 Å². The number of unbranched alkanes of at least 4 members (excludes halogenated alkanes) is 6. The van der Waals surface area contributed by atoms with E-state index < -0.39 is 0 Å². The number of nitrogens with two attached hydrogens (primary N) is 1. The van der Waals surface area contributed by atoms with Crippen LogP contribution in [-0.2, 0) is 0 Å². The molecule has 0 saturated heterocycles. The predicted molar refractivity (Wildman–Crippen MR) is 79.8 cm³/mol. The monoisotopic (exact) mass is 258 g/mol. The quantitative estimate of drug-likeness (QED) is 0.445. The molecule has 0 aliphatic rings. The molecule has 0 heterocycles. The maximum absolute atomic E-state index is 8.87. The summed E-state index contributed by atoms with van der Waals surface area (Å²) in [5, 5.41) is 12.4. The molecule has 18 heavy (non-hydrogen) atoms. The van der Waals surface area contributed by atoms with E-state index in [1.165, 1.54) is 51.4 Å². The molecule has 0 saturated carbocycles. The normalized spacial score (nSPS) is 14.7. The summed E-state index contributed by atoms with van der Waals surface area (Å²) in [4.78, 5) is 0. The molecule has 0 amide bonds. The van der Waals surface area contributed by atoms with E-state index >= 15 is 0 Å². The molecule has 0 aliphatic carbocycles. The molecule has 0 fully saturated rings. The average Bonchev–Trinajstić information content (AvgIpc) is 2.36. The standard InChI is InChI=1S/C15H34N2O/c1-3-4-5-6-7-8-9-10-15(13-16)17-14(2)11-12-18/h14-15,17-18H,3-13,16H2,1-2H3. The second-order valence-electron chi connectivity index (χ2n) is 5.42. The minimum absolute atomic E-state index is 0.253. The van der Waals surface area contributed by atoms with Crippen LogP contribution in [0.15, 0.2) is 0 Å². The lowest BCUT2D eigenvalue weighted by Gasteiger charge is -2.21. The fourth-order valence-electron chi connectivity index (χ4n) is 2.30. The first-order valence-corrected chi connectivity index (χ1v) is 7.81. The van der Waals surface area contributed by atoms with Crippen molar-refractivity contribution in [2.75, 3.05) is 13.2 Å². The van der Waals surface area contributed by atoms with Gasteiger partial charge in [-0.2, -0.15) is 0 Å². The number of hydrogen-bond donors (Lipinski definition) is 3. The van der Waals surface area contributed by atoms with Crippen LogP contribution in [0.25, 0.3) is 0 Å². The molecule has 0 radical (unpaired) electrons. The van der Waals surface area contributed by atoms with Gasteiger partial charge in [0.2, 0.25) is 0 Å². The van der Waals surface area contributed by atoms with Crippen LogP contribution in [0.2, 0.25) is 0 Å². The third kappa shape index (κ3) is 11.0. The molecule has 2 atom stereocenters. The van der Waals surface area contributed by atoms with Crippen molar-refractivity contribution in [3.63, 3.8) is 0 Å². The summed E-state index contributed by atoms with van der Waals surface area (Å²) in [5.74, 6) is 0. The van der Waals surface area contributed by atoms with Gasteiger partial charge in [-0.05, 0) is 19.8 Å². The van der Waals surface area contributed by atoms with Crippen LogP contribution >= 0.6 is 0 Å². The molecule has 3 heteroatoms. The number of nitrogens with one attached hydrogen (secondary N) is 1. The zero-order valence-corrected chi connectivity index (χ0v) is 12.5. The van der Waals surface area contributed by atoms with Crippen molar-refractivity contribution >= 4 is 0 Å². The van der Waals surface area contributed by atoms with Gasteiger partial charge < -0.3 is 16.2 Å². The molecular weight excluding hydrogens is 224 g/mol. The summed E-state index contributed by atoms with van der Waals surface area (Å²) < 4.78 is 0. The van der Waals surface area contributed by atoms with E-state index in [4.69, 9.17) is 10.8 Å².